The van der Waals surface area contributed by atoms with Gasteiger partial charge >= 0.3 is 0 Å². The van der Waals surface area contributed by atoms with E-state index in [2.05, 4.69) is 5.32 Å². The van der Waals surface area contributed by atoms with E-state index in [1.807, 2.05) is 0 Å². The predicted molar refractivity (Wildman–Crippen MR) is 66.2 cm³/mol. The average molecular weight is 245 g/mol. The van der Waals surface area contributed by atoms with Crippen LogP contribution in [0.4, 0.5) is 0 Å². The van der Waals surface area contributed by atoms with Gasteiger partial charge in [0.05, 0.1) is 11.5 Å². The smallest absolute Gasteiger partial charge is 0.150 e. The number of nitrogens with one attached hydrogen (secondary N) is 1. The summed E-state index contributed by atoms with van der Waals surface area (Å²) in [7, 11) is -2.68. The maximum absolute atomic E-state index is 11.3. The van der Waals surface area contributed by atoms with Crippen LogP contribution in [0.1, 0.15) is 38.5 Å². The Labute approximate surface area is 98.9 Å². The van der Waals surface area contributed by atoms with Gasteiger partial charge in [-0.1, -0.05) is 12.8 Å². The van der Waals surface area contributed by atoms with Crippen LogP contribution in [0.5, 0.6) is 0 Å². The van der Waals surface area contributed by atoms with Gasteiger partial charge in [0.25, 0.3) is 0 Å². The lowest BCUT2D eigenvalue weighted by molar-refractivity contribution is 0.403. The number of sulfone groups is 1. The topological polar surface area (TPSA) is 46.2 Å². The summed E-state index contributed by atoms with van der Waals surface area (Å²) in [6.07, 6.45) is 7.28. The summed E-state index contributed by atoms with van der Waals surface area (Å²) in [6.45, 7) is 2.16. The van der Waals surface area contributed by atoms with Crippen molar-refractivity contribution < 1.29 is 8.42 Å². The molecule has 0 aromatic rings. The quantitative estimate of drug-likeness (QED) is 0.818. The predicted octanol–water partition coefficient (Wildman–Crippen LogP) is 1.59. The lowest BCUT2D eigenvalue weighted by Crippen LogP contribution is -2.32. The Bertz CT molecular complexity index is 293. The van der Waals surface area contributed by atoms with Gasteiger partial charge in [0.15, 0.2) is 0 Å². The lowest BCUT2D eigenvalue weighted by Gasteiger charge is -2.23. The van der Waals surface area contributed by atoms with Gasteiger partial charge in [-0.25, -0.2) is 8.42 Å². The van der Waals surface area contributed by atoms with Crippen molar-refractivity contribution in [2.45, 2.75) is 38.5 Å². The molecule has 0 aromatic carbocycles. The second-order valence-electron chi connectivity index (χ2n) is 5.40. The van der Waals surface area contributed by atoms with Crippen LogP contribution < -0.4 is 5.32 Å². The highest BCUT2D eigenvalue weighted by Crippen LogP contribution is 2.24. The van der Waals surface area contributed by atoms with E-state index in [1.54, 1.807) is 0 Å². The van der Waals surface area contributed by atoms with Gasteiger partial charge in [0.2, 0.25) is 0 Å². The Morgan fingerprint density at radius 1 is 0.875 bits per heavy atom. The third-order valence-corrected chi connectivity index (χ3v) is 5.73. The van der Waals surface area contributed by atoms with E-state index in [-0.39, 0.29) is 0 Å². The molecule has 1 aliphatic heterocycles. The summed E-state index contributed by atoms with van der Waals surface area (Å²) in [5, 5.41) is 3.53. The van der Waals surface area contributed by atoms with Gasteiger partial charge in [0, 0.05) is 0 Å². The number of rotatable bonds is 4. The van der Waals surface area contributed by atoms with Crippen LogP contribution in [0.3, 0.4) is 0 Å². The fourth-order valence-electron chi connectivity index (χ4n) is 2.85. The van der Waals surface area contributed by atoms with Gasteiger partial charge in [-0.2, -0.15) is 0 Å². The van der Waals surface area contributed by atoms with Crippen LogP contribution >= 0.6 is 0 Å². The maximum atomic E-state index is 11.3. The molecule has 4 heteroatoms. The van der Waals surface area contributed by atoms with Crippen LogP contribution in [-0.4, -0.2) is 33.0 Å². The van der Waals surface area contributed by atoms with Crippen LogP contribution in [0, 0.1) is 11.8 Å². The minimum Gasteiger partial charge on any atom is -0.316 e. The van der Waals surface area contributed by atoms with E-state index in [9.17, 15) is 8.42 Å². The molecule has 1 heterocycles. The molecular weight excluding hydrogens is 222 g/mol. The molecule has 0 aromatic heterocycles. The molecule has 0 unspecified atom stereocenters. The van der Waals surface area contributed by atoms with E-state index >= 15 is 0 Å². The highest BCUT2D eigenvalue weighted by Gasteiger charge is 2.23. The summed E-state index contributed by atoms with van der Waals surface area (Å²) < 4.78 is 22.5. The average Bonchev–Trinajstić information content (AvgIpc) is 2.73. The second-order valence-corrected chi connectivity index (χ2v) is 7.71. The molecule has 0 amide bonds. The third kappa shape index (κ3) is 3.74. The monoisotopic (exact) mass is 245 g/mol. The van der Waals surface area contributed by atoms with E-state index in [4.69, 9.17) is 0 Å². The molecule has 16 heavy (non-hydrogen) atoms. The summed E-state index contributed by atoms with van der Waals surface area (Å²) in [4.78, 5) is 0. The van der Waals surface area contributed by atoms with E-state index in [0.29, 0.717) is 17.4 Å². The summed E-state index contributed by atoms with van der Waals surface area (Å²) >= 11 is 0. The molecule has 94 valence electrons. The van der Waals surface area contributed by atoms with Crippen molar-refractivity contribution in [2.24, 2.45) is 11.8 Å². The van der Waals surface area contributed by atoms with Crippen LogP contribution in [0.15, 0.2) is 0 Å². The SMILES string of the molecule is O=S1(=O)CCC(CNCC2CCCC2)CC1. The third-order valence-electron chi connectivity index (χ3n) is 4.01. The first-order chi connectivity index (χ1) is 7.66. The van der Waals surface area contributed by atoms with E-state index in [0.717, 1.165) is 31.8 Å². The van der Waals surface area contributed by atoms with Crippen molar-refractivity contribution in [2.75, 3.05) is 24.6 Å². The van der Waals surface area contributed by atoms with E-state index in [1.165, 1.54) is 25.7 Å². The van der Waals surface area contributed by atoms with Crippen molar-refractivity contribution in [3.63, 3.8) is 0 Å². The molecule has 1 saturated carbocycles. The molecule has 1 N–H and O–H groups in total. The normalized spacial score (nSPS) is 27.2. The molecule has 1 saturated heterocycles. The molecule has 0 atom stereocenters. The van der Waals surface area contributed by atoms with Crippen molar-refractivity contribution in [1.29, 1.82) is 0 Å². The van der Waals surface area contributed by atoms with E-state index < -0.39 is 9.84 Å². The zero-order valence-corrected chi connectivity index (χ0v) is 10.8. The Kier molecular flexibility index (Phi) is 4.25. The fraction of sp³-hybridized carbons (Fsp3) is 1.00. The maximum Gasteiger partial charge on any atom is 0.150 e. The zero-order chi connectivity index (χ0) is 11.4. The first kappa shape index (κ1) is 12.4. The Hall–Kier alpha value is -0.0900. The molecule has 2 fully saturated rings. The second kappa shape index (κ2) is 5.50. The Balaban J connectivity index is 1.60. The minimum atomic E-state index is -2.68. The summed E-state index contributed by atoms with van der Waals surface area (Å²) in [5.41, 5.74) is 0. The van der Waals surface area contributed by atoms with Crippen molar-refractivity contribution in [3.8, 4) is 0 Å². The summed E-state index contributed by atoms with van der Waals surface area (Å²) in [5.74, 6) is 2.28. The number of hydrogen-bond acceptors (Lipinski definition) is 3. The van der Waals surface area contributed by atoms with Crippen molar-refractivity contribution in [1.82, 2.24) is 5.32 Å². The van der Waals surface area contributed by atoms with Gasteiger partial charge in [-0.15, -0.1) is 0 Å². The van der Waals surface area contributed by atoms with Crippen LogP contribution in [0.25, 0.3) is 0 Å². The molecule has 2 aliphatic rings. The fourth-order valence-corrected chi connectivity index (χ4v) is 4.44. The Morgan fingerprint density at radius 2 is 1.38 bits per heavy atom. The standard InChI is InChI=1S/C12H23NO2S/c14-16(15)7-5-12(6-8-16)10-13-9-11-3-1-2-4-11/h11-13H,1-10H2. The molecule has 0 radical (unpaired) electrons. The first-order valence-corrected chi connectivity index (χ1v) is 8.39. The highest BCUT2D eigenvalue weighted by atomic mass is 32.2. The molecule has 2 rings (SSSR count). The minimum absolute atomic E-state index is 0.406. The molecule has 0 spiro atoms. The van der Waals surface area contributed by atoms with Gasteiger partial charge in [-0.3, -0.25) is 0 Å². The molecule has 3 nitrogen and oxygen atoms in total. The number of hydrogen-bond donors (Lipinski definition) is 1. The lowest BCUT2D eigenvalue weighted by atomic mass is 10.0. The van der Waals surface area contributed by atoms with Crippen LogP contribution in [0.2, 0.25) is 0 Å². The van der Waals surface area contributed by atoms with Gasteiger partial charge < -0.3 is 5.32 Å². The molecular formula is C12H23NO2S. The van der Waals surface area contributed by atoms with Gasteiger partial charge in [0.1, 0.15) is 9.84 Å². The van der Waals surface area contributed by atoms with Crippen molar-refractivity contribution >= 4 is 9.84 Å². The largest absolute Gasteiger partial charge is 0.316 e. The zero-order valence-electron chi connectivity index (χ0n) is 9.95. The summed E-state index contributed by atoms with van der Waals surface area (Å²) in [6, 6.07) is 0. The van der Waals surface area contributed by atoms with Crippen molar-refractivity contribution in [3.05, 3.63) is 0 Å². The first-order valence-electron chi connectivity index (χ1n) is 6.57. The van der Waals surface area contributed by atoms with Gasteiger partial charge in [-0.05, 0) is 50.6 Å². The molecule has 1 aliphatic carbocycles. The van der Waals surface area contributed by atoms with Crippen LogP contribution in [-0.2, 0) is 9.84 Å². The highest BCUT2D eigenvalue weighted by molar-refractivity contribution is 7.91. The molecule has 0 bridgehead atoms. The Morgan fingerprint density at radius 3 is 1.94 bits per heavy atom.